The van der Waals surface area contributed by atoms with Crippen LogP contribution in [0.15, 0.2) is 12.3 Å². The molecule has 0 bridgehead atoms. The predicted molar refractivity (Wildman–Crippen MR) is 40.8 cm³/mol. The summed E-state index contributed by atoms with van der Waals surface area (Å²) in [5, 5.41) is 0. The van der Waals surface area contributed by atoms with Crippen LogP contribution in [0.3, 0.4) is 0 Å². The minimum Gasteiger partial charge on any atom is -0.228 e. The molecule has 1 aliphatic carbocycles. The van der Waals surface area contributed by atoms with Crippen LogP contribution in [-0.4, -0.2) is 4.98 Å². The normalized spacial score (nSPS) is 16.1. The summed E-state index contributed by atoms with van der Waals surface area (Å²) in [7, 11) is 0. The Kier molecular flexibility index (Phi) is 1.60. The number of fused-ring (bicyclic) bond motifs is 1. The number of aromatic nitrogens is 1. The van der Waals surface area contributed by atoms with E-state index in [4.69, 9.17) is 0 Å². The first kappa shape index (κ1) is 6.77. The molecule has 0 aliphatic heterocycles. The van der Waals surface area contributed by atoms with Gasteiger partial charge in [-0.25, -0.2) is 4.98 Å². The van der Waals surface area contributed by atoms with E-state index in [1.807, 2.05) is 6.07 Å². The molecule has 0 saturated carbocycles. The third kappa shape index (κ3) is 1.13. The fraction of sp³-hybridized carbons (Fsp3) is 0.444. The molecule has 0 saturated heterocycles. The van der Waals surface area contributed by atoms with Crippen LogP contribution in [0.2, 0.25) is 0 Å². The first-order chi connectivity index (χ1) is 5.38. The first-order valence-corrected chi connectivity index (χ1v) is 4.00. The van der Waals surface area contributed by atoms with Crippen molar-refractivity contribution < 1.29 is 4.39 Å². The van der Waals surface area contributed by atoms with E-state index in [9.17, 15) is 4.39 Å². The van der Waals surface area contributed by atoms with Gasteiger partial charge in [0.25, 0.3) is 0 Å². The Hall–Kier alpha value is -0.920. The monoisotopic (exact) mass is 151 g/mol. The van der Waals surface area contributed by atoms with Gasteiger partial charge in [0.15, 0.2) is 0 Å². The molecule has 0 radical (unpaired) electrons. The smallest absolute Gasteiger partial charge is 0.216 e. The highest BCUT2D eigenvalue weighted by Gasteiger charge is 2.12. The van der Waals surface area contributed by atoms with E-state index in [1.165, 1.54) is 6.42 Å². The Morgan fingerprint density at radius 2 is 2.09 bits per heavy atom. The summed E-state index contributed by atoms with van der Waals surface area (Å²) in [6.07, 6.45) is 5.75. The zero-order chi connectivity index (χ0) is 7.68. The van der Waals surface area contributed by atoms with Gasteiger partial charge in [0.1, 0.15) is 0 Å². The zero-order valence-corrected chi connectivity index (χ0v) is 6.31. The van der Waals surface area contributed by atoms with E-state index in [2.05, 4.69) is 4.98 Å². The molecule has 0 aromatic carbocycles. The van der Waals surface area contributed by atoms with Crippen molar-refractivity contribution in [1.29, 1.82) is 0 Å². The van der Waals surface area contributed by atoms with Crippen molar-refractivity contribution in [2.75, 3.05) is 0 Å². The van der Waals surface area contributed by atoms with Crippen molar-refractivity contribution in [3.63, 3.8) is 0 Å². The molecule has 0 N–H and O–H groups in total. The summed E-state index contributed by atoms with van der Waals surface area (Å²) in [5.74, 6) is -0.262. The second-order valence-corrected chi connectivity index (χ2v) is 2.95. The molecule has 1 aromatic heterocycles. The number of hydrogen-bond donors (Lipinski definition) is 0. The van der Waals surface area contributed by atoms with Crippen molar-refractivity contribution in [3.05, 3.63) is 29.3 Å². The Bertz CT molecular complexity index is 270. The van der Waals surface area contributed by atoms with Crippen LogP contribution in [0.5, 0.6) is 0 Å². The molecule has 11 heavy (non-hydrogen) atoms. The topological polar surface area (TPSA) is 12.9 Å². The Balaban J connectivity index is 2.49. The molecule has 2 heteroatoms. The van der Waals surface area contributed by atoms with Crippen LogP contribution in [0.4, 0.5) is 4.39 Å². The SMILES string of the molecule is Fc1nccc2c1CCCC2. The van der Waals surface area contributed by atoms with Crippen LogP contribution in [-0.2, 0) is 12.8 Å². The Labute approximate surface area is 65.3 Å². The van der Waals surface area contributed by atoms with Crippen LogP contribution in [0.1, 0.15) is 24.0 Å². The molecular formula is C9H10FN. The van der Waals surface area contributed by atoms with Gasteiger partial charge in [0, 0.05) is 11.8 Å². The molecule has 1 aromatic rings. The zero-order valence-electron chi connectivity index (χ0n) is 6.31. The van der Waals surface area contributed by atoms with Crippen LogP contribution in [0.25, 0.3) is 0 Å². The second-order valence-electron chi connectivity index (χ2n) is 2.95. The van der Waals surface area contributed by atoms with Gasteiger partial charge in [-0.15, -0.1) is 0 Å². The maximum absolute atomic E-state index is 13.0. The van der Waals surface area contributed by atoms with E-state index in [-0.39, 0.29) is 5.95 Å². The highest BCUT2D eigenvalue weighted by molar-refractivity contribution is 5.26. The molecule has 0 atom stereocenters. The molecule has 0 unspecified atom stereocenters. The van der Waals surface area contributed by atoms with Crippen molar-refractivity contribution in [2.45, 2.75) is 25.7 Å². The number of rotatable bonds is 0. The van der Waals surface area contributed by atoms with Gasteiger partial charge in [-0.1, -0.05) is 0 Å². The average molecular weight is 151 g/mol. The lowest BCUT2D eigenvalue weighted by Gasteiger charge is -2.14. The van der Waals surface area contributed by atoms with Gasteiger partial charge in [-0.05, 0) is 37.3 Å². The maximum Gasteiger partial charge on any atom is 0.216 e. The van der Waals surface area contributed by atoms with E-state index in [0.29, 0.717) is 0 Å². The van der Waals surface area contributed by atoms with E-state index in [0.717, 1.165) is 30.4 Å². The molecule has 1 nitrogen and oxygen atoms in total. The highest BCUT2D eigenvalue weighted by atomic mass is 19.1. The summed E-state index contributed by atoms with van der Waals surface area (Å²) in [5.41, 5.74) is 2.00. The minimum absolute atomic E-state index is 0.262. The molecule has 2 rings (SSSR count). The lowest BCUT2D eigenvalue weighted by molar-refractivity contribution is 0.542. The van der Waals surface area contributed by atoms with Gasteiger partial charge in [0.05, 0.1) is 0 Å². The van der Waals surface area contributed by atoms with Gasteiger partial charge in [0.2, 0.25) is 5.95 Å². The van der Waals surface area contributed by atoms with Gasteiger partial charge in [-0.3, -0.25) is 0 Å². The molecule has 0 spiro atoms. The summed E-state index contributed by atoms with van der Waals surface area (Å²) >= 11 is 0. The van der Waals surface area contributed by atoms with Crippen LogP contribution >= 0.6 is 0 Å². The Morgan fingerprint density at radius 3 is 2.91 bits per heavy atom. The van der Waals surface area contributed by atoms with Crippen LogP contribution < -0.4 is 0 Å². The van der Waals surface area contributed by atoms with Gasteiger partial charge >= 0.3 is 0 Å². The average Bonchev–Trinajstić information content (AvgIpc) is 2.06. The lowest BCUT2D eigenvalue weighted by atomic mass is 9.93. The fourth-order valence-corrected chi connectivity index (χ4v) is 1.62. The highest BCUT2D eigenvalue weighted by Crippen LogP contribution is 2.21. The number of aryl methyl sites for hydroxylation is 1. The van der Waals surface area contributed by atoms with Crippen molar-refractivity contribution in [2.24, 2.45) is 0 Å². The summed E-state index contributed by atoms with van der Waals surface area (Å²) in [4.78, 5) is 3.63. The molecule has 58 valence electrons. The number of nitrogens with zero attached hydrogens (tertiary/aromatic N) is 1. The van der Waals surface area contributed by atoms with Crippen molar-refractivity contribution >= 4 is 0 Å². The van der Waals surface area contributed by atoms with Crippen LogP contribution in [0, 0.1) is 5.95 Å². The fourth-order valence-electron chi connectivity index (χ4n) is 1.62. The summed E-state index contributed by atoms with van der Waals surface area (Å²) < 4.78 is 13.0. The molecule has 1 aliphatic rings. The van der Waals surface area contributed by atoms with E-state index < -0.39 is 0 Å². The molecular weight excluding hydrogens is 141 g/mol. The number of halogens is 1. The van der Waals surface area contributed by atoms with Gasteiger partial charge < -0.3 is 0 Å². The number of pyridine rings is 1. The number of hydrogen-bond acceptors (Lipinski definition) is 1. The summed E-state index contributed by atoms with van der Waals surface area (Å²) in [6.45, 7) is 0. The van der Waals surface area contributed by atoms with Crippen molar-refractivity contribution in [3.8, 4) is 0 Å². The standard InChI is InChI=1S/C9H10FN/c10-9-8-4-2-1-3-7(8)5-6-11-9/h5-6H,1-4H2. The van der Waals surface area contributed by atoms with E-state index >= 15 is 0 Å². The van der Waals surface area contributed by atoms with Crippen molar-refractivity contribution in [1.82, 2.24) is 4.98 Å². The van der Waals surface area contributed by atoms with Gasteiger partial charge in [-0.2, -0.15) is 4.39 Å². The predicted octanol–water partition coefficient (Wildman–Crippen LogP) is 2.10. The Morgan fingerprint density at radius 1 is 1.27 bits per heavy atom. The quantitative estimate of drug-likeness (QED) is 0.517. The maximum atomic E-state index is 13.0. The molecule has 0 amide bonds. The summed E-state index contributed by atoms with van der Waals surface area (Å²) in [6, 6.07) is 1.93. The lowest BCUT2D eigenvalue weighted by Crippen LogP contribution is -2.06. The first-order valence-electron chi connectivity index (χ1n) is 4.00. The third-order valence-corrected chi connectivity index (χ3v) is 2.22. The molecule has 0 fully saturated rings. The van der Waals surface area contributed by atoms with E-state index in [1.54, 1.807) is 6.20 Å². The third-order valence-electron chi connectivity index (χ3n) is 2.22. The minimum atomic E-state index is -0.262. The second kappa shape index (κ2) is 2.61. The largest absolute Gasteiger partial charge is 0.228 e. The molecule has 1 heterocycles.